The summed E-state index contributed by atoms with van der Waals surface area (Å²) in [6, 6.07) is 18.6. The lowest BCUT2D eigenvalue weighted by Crippen LogP contribution is -2.29. The molecule has 1 aliphatic rings. The zero-order valence-corrected chi connectivity index (χ0v) is 17.4. The lowest BCUT2D eigenvalue weighted by molar-refractivity contribution is 0.492. The van der Waals surface area contributed by atoms with E-state index in [-0.39, 0.29) is 30.6 Å². The molecule has 2 N–H and O–H groups in total. The average Bonchev–Trinajstić information content (AvgIpc) is 3.43. The number of nitrogens with zero attached hydrogens (tertiary/aromatic N) is 2. The summed E-state index contributed by atoms with van der Waals surface area (Å²) in [6.45, 7) is 0.161. The van der Waals surface area contributed by atoms with Crippen LogP contribution < -0.4 is 5.32 Å². The molecule has 1 aromatic heterocycles. The van der Waals surface area contributed by atoms with Crippen molar-refractivity contribution >= 4 is 12.4 Å². The highest BCUT2D eigenvalue weighted by atomic mass is 35.5. The summed E-state index contributed by atoms with van der Waals surface area (Å²) in [5.41, 5.74) is 4.69. The molecule has 0 radical (unpaired) electrons. The number of fused-ring (bicyclic) bond motifs is 1. The topological polar surface area (TPSA) is 53.6 Å². The smallest absolute Gasteiger partial charge is 0.155 e. The summed E-state index contributed by atoms with van der Waals surface area (Å²) >= 11 is 0. The number of aromatic nitrogens is 3. The Morgan fingerprint density at radius 1 is 0.871 bits per heavy atom. The number of rotatable bonds is 5. The van der Waals surface area contributed by atoms with Gasteiger partial charge < -0.3 is 5.32 Å². The molecule has 0 saturated carbocycles. The van der Waals surface area contributed by atoms with Gasteiger partial charge in [-0.1, -0.05) is 42.5 Å². The predicted molar refractivity (Wildman–Crippen MR) is 119 cm³/mol. The van der Waals surface area contributed by atoms with Gasteiger partial charge in [-0.3, -0.25) is 5.10 Å². The third kappa shape index (κ3) is 4.36. The highest BCUT2D eigenvalue weighted by Crippen LogP contribution is 2.28. The van der Waals surface area contributed by atoms with Gasteiger partial charge in [0, 0.05) is 23.7 Å². The first-order valence-electron chi connectivity index (χ1n) is 9.91. The second-order valence-electron chi connectivity index (χ2n) is 7.59. The van der Waals surface area contributed by atoms with Gasteiger partial charge in [-0.25, -0.2) is 13.8 Å². The molecule has 4 aromatic rings. The van der Waals surface area contributed by atoms with Gasteiger partial charge in [0.2, 0.25) is 0 Å². The highest BCUT2D eigenvalue weighted by molar-refractivity contribution is 5.85. The van der Waals surface area contributed by atoms with E-state index in [2.05, 4.69) is 32.6 Å². The summed E-state index contributed by atoms with van der Waals surface area (Å²) in [6.07, 6.45) is 3.18. The Hall–Kier alpha value is -3.09. The molecule has 0 saturated heterocycles. The van der Waals surface area contributed by atoms with Gasteiger partial charge in [0.15, 0.2) is 5.82 Å². The first kappa shape index (κ1) is 21.2. The Morgan fingerprint density at radius 2 is 1.55 bits per heavy atom. The lowest BCUT2D eigenvalue weighted by atomic mass is 10.0. The minimum Gasteiger partial charge on any atom is -0.309 e. The van der Waals surface area contributed by atoms with Gasteiger partial charge in [-0.2, -0.15) is 5.10 Å². The first-order chi connectivity index (χ1) is 14.7. The van der Waals surface area contributed by atoms with E-state index in [0.717, 1.165) is 18.4 Å². The fourth-order valence-electron chi connectivity index (χ4n) is 4.08. The Labute approximate surface area is 185 Å². The molecule has 0 spiro atoms. The molecule has 5 rings (SSSR count). The van der Waals surface area contributed by atoms with Crippen molar-refractivity contribution in [1.29, 1.82) is 0 Å². The summed E-state index contributed by atoms with van der Waals surface area (Å²) in [7, 11) is 0. The van der Waals surface area contributed by atoms with Crippen LogP contribution in [0.2, 0.25) is 0 Å². The quantitative estimate of drug-likeness (QED) is 0.456. The minimum atomic E-state index is -0.543. The molecular formula is C24H21ClF2N4. The van der Waals surface area contributed by atoms with Crippen molar-refractivity contribution < 1.29 is 8.78 Å². The lowest BCUT2D eigenvalue weighted by Gasteiger charge is -2.14. The molecule has 0 bridgehead atoms. The number of aromatic amines is 1. The van der Waals surface area contributed by atoms with Crippen LogP contribution in [-0.2, 0) is 19.4 Å². The maximum atomic E-state index is 14.8. The summed E-state index contributed by atoms with van der Waals surface area (Å²) in [5, 5.41) is 9.95. The molecular weight excluding hydrogens is 418 g/mol. The van der Waals surface area contributed by atoms with Crippen LogP contribution >= 0.6 is 12.4 Å². The number of H-pyrrole nitrogens is 1. The van der Waals surface area contributed by atoms with Gasteiger partial charge in [-0.05, 0) is 53.3 Å². The second-order valence-corrected chi connectivity index (χ2v) is 7.59. The number of hydrogen-bond donors (Lipinski definition) is 2. The molecule has 1 heterocycles. The Balaban J connectivity index is 0.00000231. The van der Waals surface area contributed by atoms with E-state index in [1.165, 1.54) is 29.6 Å². The van der Waals surface area contributed by atoms with Gasteiger partial charge >= 0.3 is 0 Å². The molecule has 0 amide bonds. The van der Waals surface area contributed by atoms with Crippen molar-refractivity contribution in [2.24, 2.45) is 0 Å². The number of benzene rings is 3. The molecule has 3 aromatic carbocycles. The van der Waals surface area contributed by atoms with Crippen molar-refractivity contribution in [2.75, 3.05) is 0 Å². The van der Waals surface area contributed by atoms with Crippen LogP contribution in [0.25, 0.3) is 22.5 Å². The number of halogens is 3. The van der Waals surface area contributed by atoms with Crippen molar-refractivity contribution in [2.45, 2.75) is 25.4 Å². The number of hydrogen-bond acceptors (Lipinski definition) is 3. The number of nitrogens with one attached hydrogen (secondary N) is 2. The van der Waals surface area contributed by atoms with Crippen LogP contribution in [0, 0.1) is 11.6 Å². The molecule has 0 unspecified atom stereocenters. The van der Waals surface area contributed by atoms with Gasteiger partial charge in [0.25, 0.3) is 0 Å². The third-order valence-corrected chi connectivity index (χ3v) is 5.64. The van der Waals surface area contributed by atoms with E-state index in [1.807, 2.05) is 36.4 Å². The highest BCUT2D eigenvalue weighted by Gasteiger charge is 2.21. The van der Waals surface area contributed by atoms with Gasteiger partial charge in [-0.15, -0.1) is 12.4 Å². The molecule has 31 heavy (non-hydrogen) atoms. The van der Waals surface area contributed by atoms with Crippen LogP contribution in [0.1, 0.15) is 16.7 Å². The van der Waals surface area contributed by atoms with Crippen molar-refractivity contribution in [3.63, 3.8) is 0 Å². The van der Waals surface area contributed by atoms with Crippen molar-refractivity contribution in [1.82, 2.24) is 20.5 Å². The largest absolute Gasteiger partial charge is 0.309 e. The van der Waals surface area contributed by atoms with E-state index in [4.69, 9.17) is 0 Å². The normalized spacial score (nSPS) is 13.1. The van der Waals surface area contributed by atoms with E-state index >= 15 is 0 Å². The fraction of sp³-hybridized carbons (Fsp3) is 0.167. The standard InChI is InChI=1S/C24H20F2N4.ClH/c25-22-11-19(15-6-3-7-18(8-15)24-28-14-29-30-24)12-23(26)21(22)13-27-20-9-16-4-1-2-5-17(16)10-20;/h1-8,11-12,14,20,27H,9-10,13H2,(H,28,29,30);1H. The molecule has 158 valence electrons. The Morgan fingerprint density at radius 3 is 2.19 bits per heavy atom. The maximum absolute atomic E-state index is 14.8. The second kappa shape index (κ2) is 8.96. The van der Waals surface area contributed by atoms with E-state index in [0.29, 0.717) is 17.0 Å². The van der Waals surface area contributed by atoms with E-state index in [9.17, 15) is 8.78 Å². The van der Waals surface area contributed by atoms with Crippen molar-refractivity contribution in [3.05, 3.63) is 95.3 Å². The zero-order chi connectivity index (χ0) is 20.5. The van der Waals surface area contributed by atoms with Crippen LogP contribution in [0.15, 0.2) is 67.0 Å². The molecule has 0 fully saturated rings. The summed E-state index contributed by atoms with van der Waals surface area (Å²) < 4.78 is 29.6. The molecule has 4 nitrogen and oxygen atoms in total. The average molecular weight is 439 g/mol. The first-order valence-corrected chi connectivity index (χ1v) is 9.91. The van der Waals surface area contributed by atoms with Gasteiger partial charge in [0.1, 0.15) is 18.0 Å². The Bertz CT molecular complexity index is 1150. The molecule has 1 aliphatic carbocycles. The van der Waals surface area contributed by atoms with Crippen LogP contribution in [-0.4, -0.2) is 21.2 Å². The van der Waals surface area contributed by atoms with E-state index in [1.54, 1.807) is 0 Å². The molecule has 0 atom stereocenters. The fourth-order valence-corrected chi connectivity index (χ4v) is 4.08. The summed E-state index contributed by atoms with van der Waals surface area (Å²) in [4.78, 5) is 4.12. The predicted octanol–water partition coefficient (Wildman–Crippen LogP) is 5.10. The summed E-state index contributed by atoms with van der Waals surface area (Å²) in [5.74, 6) is -0.479. The molecule has 0 aliphatic heterocycles. The third-order valence-electron chi connectivity index (χ3n) is 5.64. The van der Waals surface area contributed by atoms with Crippen molar-refractivity contribution in [3.8, 4) is 22.5 Å². The Kier molecular flexibility index (Phi) is 6.11. The monoisotopic (exact) mass is 438 g/mol. The van der Waals surface area contributed by atoms with Crippen LogP contribution in [0.5, 0.6) is 0 Å². The molecule has 7 heteroatoms. The van der Waals surface area contributed by atoms with E-state index < -0.39 is 11.6 Å². The SMILES string of the molecule is Cl.Fc1cc(-c2cccc(-c3ncn[nH]3)c2)cc(F)c1CNC1Cc2ccccc2C1. The van der Waals surface area contributed by atoms with Crippen LogP contribution in [0.4, 0.5) is 8.78 Å². The van der Waals surface area contributed by atoms with Gasteiger partial charge in [0.05, 0.1) is 0 Å². The minimum absolute atomic E-state index is 0. The zero-order valence-electron chi connectivity index (χ0n) is 16.6. The van der Waals surface area contributed by atoms with Crippen LogP contribution in [0.3, 0.4) is 0 Å². The maximum Gasteiger partial charge on any atom is 0.155 e.